The molecule has 0 bridgehead atoms. The number of hydrogen-bond acceptors (Lipinski definition) is 1. The number of nitrogens with zero attached hydrogens (tertiary/aromatic N) is 1. The van der Waals surface area contributed by atoms with Crippen LogP contribution in [0.2, 0.25) is 0 Å². The SMILES string of the molecule is Cc1c(F)cccc1-n1c(=S)[nH]c2cc(I)c(F)cc21. The summed E-state index contributed by atoms with van der Waals surface area (Å²) in [7, 11) is 0. The molecule has 2 aromatic carbocycles. The van der Waals surface area contributed by atoms with E-state index in [9.17, 15) is 8.78 Å². The number of imidazole rings is 1. The van der Waals surface area contributed by atoms with Gasteiger partial charge in [-0.2, -0.15) is 0 Å². The second-order valence-corrected chi connectivity index (χ2v) is 5.98. The molecule has 0 aliphatic carbocycles. The summed E-state index contributed by atoms with van der Waals surface area (Å²) in [5, 5.41) is 0. The van der Waals surface area contributed by atoms with Gasteiger partial charge in [0, 0.05) is 11.6 Å². The van der Waals surface area contributed by atoms with Crippen LogP contribution in [-0.4, -0.2) is 9.55 Å². The van der Waals surface area contributed by atoms with Crippen molar-refractivity contribution >= 4 is 45.8 Å². The molecule has 2 nitrogen and oxygen atoms in total. The summed E-state index contributed by atoms with van der Waals surface area (Å²) in [6.07, 6.45) is 0. The molecule has 0 aliphatic rings. The van der Waals surface area contributed by atoms with Gasteiger partial charge in [0.15, 0.2) is 4.77 Å². The summed E-state index contributed by atoms with van der Waals surface area (Å²) in [5.41, 5.74) is 2.41. The number of aromatic nitrogens is 2. The molecule has 1 N–H and O–H groups in total. The first-order chi connectivity index (χ1) is 9.49. The lowest BCUT2D eigenvalue weighted by Gasteiger charge is -2.09. The van der Waals surface area contributed by atoms with Crippen molar-refractivity contribution in [3.63, 3.8) is 0 Å². The Morgan fingerprint density at radius 2 is 1.95 bits per heavy atom. The molecule has 6 heteroatoms. The van der Waals surface area contributed by atoms with Gasteiger partial charge in [-0.05, 0) is 59.9 Å². The summed E-state index contributed by atoms with van der Waals surface area (Å²) in [4.78, 5) is 3.02. The minimum Gasteiger partial charge on any atom is -0.330 e. The fraction of sp³-hybridized carbons (Fsp3) is 0.0714. The van der Waals surface area contributed by atoms with Crippen LogP contribution in [0.5, 0.6) is 0 Å². The number of aromatic amines is 1. The summed E-state index contributed by atoms with van der Waals surface area (Å²) < 4.78 is 30.1. The average Bonchev–Trinajstić information content (AvgIpc) is 2.69. The molecule has 0 fully saturated rings. The zero-order valence-electron chi connectivity index (χ0n) is 10.4. The second kappa shape index (κ2) is 4.92. The van der Waals surface area contributed by atoms with Gasteiger partial charge >= 0.3 is 0 Å². The molecule has 1 heterocycles. The first kappa shape index (κ1) is 13.7. The van der Waals surface area contributed by atoms with E-state index >= 15 is 0 Å². The highest BCUT2D eigenvalue weighted by molar-refractivity contribution is 14.1. The van der Waals surface area contributed by atoms with E-state index in [0.29, 0.717) is 25.1 Å². The first-order valence-electron chi connectivity index (χ1n) is 5.84. The van der Waals surface area contributed by atoms with Crippen molar-refractivity contribution in [1.29, 1.82) is 0 Å². The molecule has 1 aromatic heterocycles. The zero-order chi connectivity index (χ0) is 14.4. The lowest BCUT2D eigenvalue weighted by Crippen LogP contribution is -1.99. The number of hydrogen-bond donors (Lipinski definition) is 1. The molecule has 3 rings (SSSR count). The summed E-state index contributed by atoms with van der Waals surface area (Å²) in [6.45, 7) is 1.67. The summed E-state index contributed by atoms with van der Waals surface area (Å²) in [6, 6.07) is 7.86. The Morgan fingerprint density at radius 1 is 1.20 bits per heavy atom. The van der Waals surface area contributed by atoms with Crippen molar-refractivity contribution in [2.75, 3.05) is 0 Å². The largest absolute Gasteiger partial charge is 0.330 e. The number of rotatable bonds is 1. The lowest BCUT2D eigenvalue weighted by molar-refractivity contribution is 0.616. The maximum absolute atomic E-state index is 13.8. The fourth-order valence-electron chi connectivity index (χ4n) is 2.18. The quantitative estimate of drug-likeness (QED) is 0.455. The highest BCUT2D eigenvalue weighted by Crippen LogP contribution is 2.26. The normalized spacial score (nSPS) is 11.2. The van der Waals surface area contributed by atoms with E-state index in [1.165, 1.54) is 12.1 Å². The van der Waals surface area contributed by atoms with Crippen molar-refractivity contribution < 1.29 is 8.78 Å². The molecule has 20 heavy (non-hydrogen) atoms. The van der Waals surface area contributed by atoms with Gasteiger partial charge < -0.3 is 4.98 Å². The Balaban J connectivity index is 2.42. The molecule has 0 atom stereocenters. The Morgan fingerprint density at radius 3 is 2.70 bits per heavy atom. The van der Waals surface area contributed by atoms with Crippen molar-refractivity contribution in [3.05, 3.63) is 55.9 Å². The Kier molecular flexibility index (Phi) is 3.37. The van der Waals surface area contributed by atoms with Crippen LogP contribution >= 0.6 is 34.8 Å². The number of nitrogens with one attached hydrogen (secondary N) is 1. The molecular weight excluding hydrogens is 393 g/mol. The van der Waals surface area contributed by atoms with Crippen LogP contribution in [0.25, 0.3) is 16.7 Å². The van der Waals surface area contributed by atoms with Crippen molar-refractivity contribution in [3.8, 4) is 5.69 Å². The third kappa shape index (κ3) is 2.07. The highest BCUT2D eigenvalue weighted by atomic mass is 127. The van der Waals surface area contributed by atoms with Crippen LogP contribution in [0.3, 0.4) is 0 Å². The van der Waals surface area contributed by atoms with E-state index in [1.54, 1.807) is 29.7 Å². The van der Waals surface area contributed by atoms with E-state index in [2.05, 4.69) is 4.98 Å². The molecule has 0 spiro atoms. The average molecular weight is 402 g/mol. The molecule has 102 valence electrons. The number of H-pyrrole nitrogens is 1. The molecular formula is C14H9F2IN2S. The van der Waals surface area contributed by atoms with E-state index in [0.717, 1.165) is 5.52 Å². The van der Waals surface area contributed by atoms with Gasteiger partial charge in [-0.3, -0.25) is 4.57 Å². The standard InChI is InChI=1S/C14H9F2IN2S/c1-7-8(15)3-2-4-12(7)19-13-5-9(16)10(17)6-11(13)18-14(19)20/h2-6H,1H3,(H,18,20). The molecule has 0 radical (unpaired) electrons. The maximum atomic E-state index is 13.8. The monoisotopic (exact) mass is 402 g/mol. The van der Waals surface area contributed by atoms with Gasteiger partial charge in [0.25, 0.3) is 0 Å². The van der Waals surface area contributed by atoms with Gasteiger partial charge in [0.2, 0.25) is 0 Å². The third-order valence-electron chi connectivity index (χ3n) is 3.20. The molecule has 0 amide bonds. The Labute approximate surface area is 132 Å². The van der Waals surface area contributed by atoms with Crippen LogP contribution in [0, 0.1) is 26.9 Å². The molecule has 0 saturated carbocycles. The van der Waals surface area contributed by atoms with E-state index in [1.807, 2.05) is 22.6 Å². The van der Waals surface area contributed by atoms with Crippen molar-refractivity contribution in [2.24, 2.45) is 0 Å². The minimum atomic E-state index is -0.324. The summed E-state index contributed by atoms with van der Waals surface area (Å²) in [5.74, 6) is -0.639. The van der Waals surface area contributed by atoms with Crippen LogP contribution in [0.4, 0.5) is 8.78 Å². The topological polar surface area (TPSA) is 20.7 Å². The van der Waals surface area contributed by atoms with Crippen LogP contribution in [-0.2, 0) is 0 Å². The molecule has 0 aliphatic heterocycles. The highest BCUT2D eigenvalue weighted by Gasteiger charge is 2.13. The lowest BCUT2D eigenvalue weighted by atomic mass is 10.2. The smallest absolute Gasteiger partial charge is 0.182 e. The van der Waals surface area contributed by atoms with Crippen molar-refractivity contribution in [2.45, 2.75) is 6.92 Å². The van der Waals surface area contributed by atoms with Gasteiger partial charge in [-0.25, -0.2) is 8.78 Å². The van der Waals surface area contributed by atoms with Crippen molar-refractivity contribution in [1.82, 2.24) is 9.55 Å². The van der Waals surface area contributed by atoms with Gasteiger partial charge in [-0.1, -0.05) is 6.07 Å². The summed E-state index contributed by atoms with van der Waals surface area (Å²) >= 11 is 7.21. The van der Waals surface area contributed by atoms with E-state index < -0.39 is 0 Å². The van der Waals surface area contributed by atoms with Gasteiger partial charge in [0.1, 0.15) is 11.6 Å². The molecule has 0 saturated heterocycles. The van der Waals surface area contributed by atoms with Crippen LogP contribution < -0.4 is 0 Å². The van der Waals surface area contributed by atoms with E-state index in [4.69, 9.17) is 12.2 Å². The van der Waals surface area contributed by atoms with Gasteiger partial charge in [-0.15, -0.1) is 0 Å². The first-order valence-corrected chi connectivity index (χ1v) is 7.33. The maximum Gasteiger partial charge on any atom is 0.182 e. The Hall–Kier alpha value is -1.28. The van der Waals surface area contributed by atoms with Gasteiger partial charge in [0.05, 0.1) is 20.3 Å². The number of fused-ring (bicyclic) bond motifs is 1. The molecule has 0 unspecified atom stereocenters. The predicted molar refractivity (Wildman–Crippen MR) is 85.8 cm³/mol. The molecule has 3 aromatic rings. The fourth-order valence-corrected chi connectivity index (χ4v) is 2.95. The minimum absolute atomic E-state index is 0.315. The Bertz CT molecular complexity index is 883. The number of benzene rings is 2. The zero-order valence-corrected chi connectivity index (χ0v) is 13.4. The van der Waals surface area contributed by atoms with E-state index in [-0.39, 0.29) is 11.6 Å². The third-order valence-corrected chi connectivity index (χ3v) is 4.32. The second-order valence-electron chi connectivity index (χ2n) is 4.43. The number of halogens is 3. The van der Waals surface area contributed by atoms with Crippen LogP contribution in [0.1, 0.15) is 5.56 Å². The predicted octanol–water partition coefficient (Wildman–Crippen LogP) is 4.88. The van der Waals surface area contributed by atoms with Crippen LogP contribution in [0.15, 0.2) is 30.3 Å².